The van der Waals surface area contributed by atoms with Gasteiger partial charge in [0.2, 0.25) is 11.8 Å². The van der Waals surface area contributed by atoms with Crippen molar-refractivity contribution in [1.29, 1.82) is 5.26 Å². The average molecular weight is 592 g/mol. The molecule has 1 saturated heterocycles. The molecule has 1 aromatic heterocycles. The van der Waals surface area contributed by atoms with Gasteiger partial charge in [-0.3, -0.25) is 9.59 Å². The lowest BCUT2D eigenvalue weighted by Crippen LogP contribution is -2.57. The second-order valence-electron chi connectivity index (χ2n) is 13.0. The summed E-state index contributed by atoms with van der Waals surface area (Å²) < 4.78 is 17.6. The van der Waals surface area contributed by atoms with Gasteiger partial charge in [0, 0.05) is 18.4 Å². The zero-order chi connectivity index (χ0) is 30.9. The van der Waals surface area contributed by atoms with Crippen LogP contribution in [0.15, 0.2) is 18.2 Å². The predicted molar refractivity (Wildman–Crippen MR) is 157 cm³/mol. The second kappa shape index (κ2) is 12.3. The monoisotopic (exact) mass is 591 g/mol. The van der Waals surface area contributed by atoms with Crippen molar-refractivity contribution in [3.8, 4) is 17.7 Å². The molecular weight excluding hydrogens is 550 g/mol. The van der Waals surface area contributed by atoms with E-state index >= 15 is 0 Å². The molecule has 230 valence electrons. The second-order valence-corrected chi connectivity index (χ2v) is 13.0. The van der Waals surface area contributed by atoms with E-state index in [4.69, 9.17) is 24.2 Å². The number of methoxy groups -OCH3 is 1. The SMILES string of the molecule is COc1ccc2nc3c(nc2c1)O[C@H]1CN(C(=O)[C@H](C(C)(C)C)NC(=O)O[C@@H]2C[C@H]2CCCCC3)[C@H](C(C)=O)[C@@H]1CC#N. The Morgan fingerprint density at radius 1 is 1.14 bits per heavy atom. The van der Waals surface area contributed by atoms with Crippen molar-refractivity contribution >= 4 is 28.8 Å². The molecule has 43 heavy (non-hydrogen) atoms. The fourth-order valence-corrected chi connectivity index (χ4v) is 6.33. The predicted octanol–water partition coefficient (Wildman–Crippen LogP) is 4.36. The van der Waals surface area contributed by atoms with E-state index in [0.717, 1.165) is 32.1 Å². The van der Waals surface area contributed by atoms with Crippen molar-refractivity contribution in [3.63, 3.8) is 0 Å². The summed E-state index contributed by atoms with van der Waals surface area (Å²) in [7, 11) is 1.58. The topological polar surface area (TPSA) is 144 Å². The first-order valence-electron chi connectivity index (χ1n) is 15.2. The number of benzene rings is 1. The molecule has 2 bridgehead atoms. The number of nitrogens with one attached hydrogen (secondary N) is 1. The summed E-state index contributed by atoms with van der Waals surface area (Å²) in [6.45, 7) is 7.04. The molecule has 2 aromatic rings. The number of nitriles is 1. The van der Waals surface area contributed by atoms with E-state index in [0.29, 0.717) is 40.7 Å². The average Bonchev–Trinajstić information content (AvgIpc) is 3.58. The Hall–Kier alpha value is -3.94. The molecule has 11 nitrogen and oxygen atoms in total. The molecule has 11 heteroatoms. The number of nitrogens with zero attached hydrogens (tertiary/aromatic N) is 4. The molecular formula is C32H41N5O6. The van der Waals surface area contributed by atoms with E-state index in [-0.39, 0.29) is 24.9 Å². The number of ketones is 1. The fourth-order valence-electron chi connectivity index (χ4n) is 6.33. The molecule has 5 rings (SSSR count). The third-order valence-corrected chi connectivity index (χ3v) is 8.77. The van der Waals surface area contributed by atoms with Gasteiger partial charge < -0.3 is 24.4 Å². The van der Waals surface area contributed by atoms with E-state index in [1.165, 1.54) is 11.8 Å². The molecule has 0 unspecified atom stereocenters. The molecule has 2 amide bonds. The van der Waals surface area contributed by atoms with Crippen molar-refractivity contribution in [1.82, 2.24) is 20.2 Å². The lowest BCUT2D eigenvalue weighted by atomic mass is 9.85. The van der Waals surface area contributed by atoms with Gasteiger partial charge in [0.25, 0.3) is 0 Å². The minimum atomic E-state index is -0.956. The third kappa shape index (κ3) is 6.68. The van der Waals surface area contributed by atoms with Crippen LogP contribution in [0.25, 0.3) is 11.0 Å². The standard InChI is InChI=1S/C32H41N5O6/c1-18(38)27-21(13-14-33)26-17-37(27)30(39)28(32(2,3)4)36-31(40)43-25-15-19(25)9-7-6-8-10-23-29(42-26)35-24-16-20(41-5)11-12-22(24)34-23/h11-12,16,19,21,25-28H,6-10,13,15,17H2,1-5H3,(H,36,40)/t19-,21-,25-,26+,27-,28-/m1/s1. The smallest absolute Gasteiger partial charge is 0.408 e. The first kappa shape index (κ1) is 30.5. The van der Waals surface area contributed by atoms with E-state index in [1.54, 1.807) is 13.2 Å². The Labute approximate surface area is 252 Å². The zero-order valence-corrected chi connectivity index (χ0v) is 25.6. The van der Waals surface area contributed by atoms with Crippen molar-refractivity contribution in [3.05, 3.63) is 23.9 Å². The van der Waals surface area contributed by atoms with Gasteiger partial charge in [-0.15, -0.1) is 0 Å². The first-order valence-corrected chi connectivity index (χ1v) is 15.2. The number of rotatable bonds is 3. The molecule has 6 atom stereocenters. The van der Waals surface area contributed by atoms with Crippen molar-refractivity contribution in [2.45, 2.75) is 96.9 Å². The number of aromatic nitrogens is 2. The number of hydrogen-bond donors (Lipinski definition) is 1. The minimum absolute atomic E-state index is 0.00157. The van der Waals surface area contributed by atoms with Gasteiger partial charge in [-0.05, 0) is 56.1 Å². The van der Waals surface area contributed by atoms with Crippen LogP contribution < -0.4 is 14.8 Å². The minimum Gasteiger partial charge on any atom is -0.497 e. The number of hydrogen-bond acceptors (Lipinski definition) is 9. The number of fused-ring (bicyclic) bond motifs is 5. The maximum atomic E-state index is 14.2. The Morgan fingerprint density at radius 2 is 1.93 bits per heavy atom. The van der Waals surface area contributed by atoms with E-state index in [2.05, 4.69) is 11.4 Å². The number of alkyl carbamates (subject to hydrolysis) is 1. The summed E-state index contributed by atoms with van der Waals surface area (Å²) in [5, 5.41) is 12.5. The van der Waals surface area contributed by atoms with Crippen LogP contribution in [0.2, 0.25) is 0 Å². The molecule has 1 saturated carbocycles. The number of carbonyl (C=O) groups is 3. The first-order chi connectivity index (χ1) is 20.5. The summed E-state index contributed by atoms with van der Waals surface area (Å²) in [4.78, 5) is 51.4. The maximum absolute atomic E-state index is 14.2. The summed E-state index contributed by atoms with van der Waals surface area (Å²) in [5.74, 6) is 0.0248. The summed E-state index contributed by atoms with van der Waals surface area (Å²) in [6, 6.07) is 5.82. The largest absolute Gasteiger partial charge is 0.497 e. The van der Waals surface area contributed by atoms with Gasteiger partial charge in [-0.2, -0.15) is 5.26 Å². The molecule has 0 radical (unpaired) electrons. The van der Waals surface area contributed by atoms with Crippen LogP contribution in [-0.4, -0.2) is 70.6 Å². The quantitative estimate of drug-likeness (QED) is 0.550. The van der Waals surface area contributed by atoms with Gasteiger partial charge in [0.1, 0.15) is 29.7 Å². The van der Waals surface area contributed by atoms with Gasteiger partial charge in [-0.1, -0.05) is 33.6 Å². The van der Waals surface area contributed by atoms with Gasteiger partial charge in [0.15, 0.2) is 5.78 Å². The van der Waals surface area contributed by atoms with Crippen LogP contribution in [0, 0.1) is 28.6 Å². The van der Waals surface area contributed by atoms with Crippen LogP contribution >= 0.6 is 0 Å². The Bertz CT molecular complexity index is 1430. The van der Waals surface area contributed by atoms with E-state index < -0.39 is 41.5 Å². The van der Waals surface area contributed by atoms with Crippen molar-refractivity contribution < 1.29 is 28.6 Å². The van der Waals surface area contributed by atoms with Crippen LogP contribution in [0.5, 0.6) is 11.6 Å². The summed E-state index contributed by atoms with van der Waals surface area (Å²) >= 11 is 0. The van der Waals surface area contributed by atoms with Crippen LogP contribution in [-0.2, 0) is 20.7 Å². The highest BCUT2D eigenvalue weighted by atomic mass is 16.6. The Morgan fingerprint density at radius 3 is 2.63 bits per heavy atom. The van der Waals surface area contributed by atoms with Gasteiger partial charge >= 0.3 is 6.09 Å². The molecule has 1 N–H and O–H groups in total. The molecule has 0 spiro atoms. The normalized spacial score (nSPS) is 28.2. The number of aryl methyl sites for hydroxylation is 1. The Balaban J connectivity index is 1.55. The molecule has 1 aromatic carbocycles. The summed E-state index contributed by atoms with van der Waals surface area (Å²) in [5.41, 5.74) is 1.33. The molecule has 3 heterocycles. The molecule has 2 fully saturated rings. The van der Waals surface area contributed by atoms with Crippen LogP contribution in [0.4, 0.5) is 4.79 Å². The highest BCUT2D eigenvalue weighted by Crippen LogP contribution is 2.39. The number of carbonyl (C=O) groups excluding carboxylic acids is 3. The lowest BCUT2D eigenvalue weighted by molar-refractivity contribution is -0.141. The highest BCUT2D eigenvalue weighted by molar-refractivity contribution is 5.92. The number of Topliss-reactive ketones (excluding diaryl/α,β-unsaturated/α-hetero) is 1. The molecule has 3 aliphatic rings. The van der Waals surface area contributed by atoms with Crippen LogP contribution in [0.3, 0.4) is 0 Å². The van der Waals surface area contributed by atoms with Crippen LogP contribution in [0.1, 0.15) is 71.9 Å². The number of ether oxygens (including phenoxy) is 3. The fraction of sp³-hybridized carbons (Fsp3) is 0.625. The third-order valence-electron chi connectivity index (χ3n) is 8.77. The Kier molecular flexibility index (Phi) is 8.76. The maximum Gasteiger partial charge on any atom is 0.408 e. The number of amides is 2. The molecule has 1 aliphatic carbocycles. The molecule has 2 aliphatic heterocycles. The van der Waals surface area contributed by atoms with Gasteiger partial charge in [-0.25, -0.2) is 14.8 Å². The highest BCUT2D eigenvalue weighted by Gasteiger charge is 2.51. The van der Waals surface area contributed by atoms with Gasteiger partial charge in [0.05, 0.1) is 36.8 Å². The van der Waals surface area contributed by atoms with E-state index in [1.807, 2.05) is 32.9 Å². The van der Waals surface area contributed by atoms with Crippen molar-refractivity contribution in [2.75, 3.05) is 13.7 Å². The van der Waals surface area contributed by atoms with Crippen molar-refractivity contribution in [2.24, 2.45) is 17.3 Å². The summed E-state index contributed by atoms with van der Waals surface area (Å²) in [6.07, 6.45) is 3.77. The van der Waals surface area contributed by atoms with E-state index in [9.17, 15) is 19.6 Å². The lowest BCUT2D eigenvalue weighted by Gasteiger charge is -2.35. The zero-order valence-electron chi connectivity index (χ0n) is 25.6.